The normalized spacial score (nSPS) is 18.0. The monoisotopic (exact) mass is 462 g/mol. The predicted molar refractivity (Wildman–Crippen MR) is 128 cm³/mol. The SMILES string of the molecule is Oc1ccc(-n2cccc2C2C(c3ccccn3)NC(=S)N2c2cc(Cl)ccc2O)cc1. The van der Waals surface area contributed by atoms with Gasteiger partial charge in [-0.15, -0.1) is 0 Å². The molecule has 160 valence electrons. The van der Waals surface area contributed by atoms with Crippen molar-refractivity contribution in [3.05, 3.63) is 102 Å². The van der Waals surface area contributed by atoms with Crippen molar-refractivity contribution in [2.75, 3.05) is 4.90 Å². The van der Waals surface area contributed by atoms with E-state index in [0.717, 1.165) is 17.1 Å². The van der Waals surface area contributed by atoms with Crippen LogP contribution < -0.4 is 10.2 Å². The van der Waals surface area contributed by atoms with Gasteiger partial charge in [0.25, 0.3) is 0 Å². The highest BCUT2D eigenvalue weighted by Crippen LogP contribution is 2.45. The number of thiocarbonyl (C=S) groups is 1. The first-order chi connectivity index (χ1) is 15.5. The van der Waals surface area contributed by atoms with Crippen LogP contribution in [0, 0.1) is 0 Å². The molecule has 1 aliphatic rings. The van der Waals surface area contributed by atoms with E-state index < -0.39 is 0 Å². The van der Waals surface area contributed by atoms with Gasteiger partial charge in [0.1, 0.15) is 17.5 Å². The van der Waals surface area contributed by atoms with E-state index in [9.17, 15) is 10.2 Å². The van der Waals surface area contributed by atoms with Gasteiger partial charge in [-0.1, -0.05) is 17.7 Å². The second-order valence-corrected chi connectivity index (χ2v) is 8.27. The molecule has 2 atom stereocenters. The van der Waals surface area contributed by atoms with Gasteiger partial charge >= 0.3 is 0 Å². The number of aromatic hydroxyl groups is 2. The zero-order valence-electron chi connectivity index (χ0n) is 16.8. The van der Waals surface area contributed by atoms with Crippen LogP contribution in [0.3, 0.4) is 0 Å². The lowest BCUT2D eigenvalue weighted by Crippen LogP contribution is -2.30. The molecule has 2 unspecified atom stereocenters. The van der Waals surface area contributed by atoms with E-state index in [0.29, 0.717) is 15.8 Å². The molecule has 0 aliphatic carbocycles. The van der Waals surface area contributed by atoms with Crippen molar-refractivity contribution >= 4 is 34.6 Å². The molecule has 2 aromatic heterocycles. The largest absolute Gasteiger partial charge is 0.508 e. The van der Waals surface area contributed by atoms with E-state index in [1.807, 2.05) is 58.1 Å². The van der Waals surface area contributed by atoms with E-state index >= 15 is 0 Å². The number of aromatic nitrogens is 2. The lowest BCUT2D eigenvalue weighted by molar-refractivity contribution is 0.471. The molecule has 0 amide bonds. The van der Waals surface area contributed by atoms with Crippen LogP contribution in [0.5, 0.6) is 11.5 Å². The number of benzene rings is 2. The summed E-state index contributed by atoms with van der Waals surface area (Å²) in [5.41, 5.74) is 3.15. The van der Waals surface area contributed by atoms with Gasteiger partial charge in [0.15, 0.2) is 5.11 Å². The molecule has 4 aromatic rings. The van der Waals surface area contributed by atoms with Gasteiger partial charge < -0.3 is 25.0 Å². The van der Waals surface area contributed by atoms with Crippen LogP contribution in [0.1, 0.15) is 23.5 Å². The van der Waals surface area contributed by atoms with E-state index in [-0.39, 0.29) is 23.6 Å². The molecule has 0 saturated carbocycles. The summed E-state index contributed by atoms with van der Waals surface area (Å²) < 4.78 is 2.03. The number of halogens is 1. The molecule has 32 heavy (non-hydrogen) atoms. The number of hydrogen-bond donors (Lipinski definition) is 3. The minimum absolute atomic E-state index is 0.0768. The number of phenols is 2. The molecule has 5 rings (SSSR count). The number of nitrogens with zero attached hydrogens (tertiary/aromatic N) is 3. The predicted octanol–water partition coefficient (Wildman–Crippen LogP) is 5.11. The average molecular weight is 463 g/mol. The Labute approximate surface area is 195 Å². The fourth-order valence-electron chi connectivity index (χ4n) is 4.09. The van der Waals surface area contributed by atoms with Crippen LogP contribution in [-0.2, 0) is 0 Å². The van der Waals surface area contributed by atoms with Crippen molar-refractivity contribution in [1.29, 1.82) is 0 Å². The maximum atomic E-state index is 10.7. The summed E-state index contributed by atoms with van der Waals surface area (Å²) in [6, 6.07) is 21.0. The van der Waals surface area contributed by atoms with Crippen LogP contribution in [0.25, 0.3) is 5.69 Å². The molecule has 1 aliphatic heterocycles. The summed E-state index contributed by atoms with van der Waals surface area (Å²) in [5.74, 6) is 0.274. The minimum atomic E-state index is -0.328. The van der Waals surface area contributed by atoms with Crippen LogP contribution in [0.15, 0.2) is 85.2 Å². The third kappa shape index (κ3) is 3.55. The van der Waals surface area contributed by atoms with Gasteiger partial charge in [-0.05, 0) is 78.9 Å². The number of anilines is 1. The number of pyridine rings is 1. The Morgan fingerprint density at radius 1 is 0.969 bits per heavy atom. The zero-order chi connectivity index (χ0) is 22.2. The first kappa shape index (κ1) is 20.4. The lowest BCUT2D eigenvalue weighted by Gasteiger charge is -2.29. The Morgan fingerprint density at radius 3 is 2.53 bits per heavy atom. The molecule has 1 fully saturated rings. The summed E-state index contributed by atoms with van der Waals surface area (Å²) in [7, 11) is 0. The maximum Gasteiger partial charge on any atom is 0.174 e. The number of phenolic OH excluding ortho intramolecular Hbond substituents is 2. The molecule has 0 bridgehead atoms. The third-order valence-electron chi connectivity index (χ3n) is 5.51. The molecular weight excluding hydrogens is 444 g/mol. The summed E-state index contributed by atoms with van der Waals surface area (Å²) in [6.45, 7) is 0. The van der Waals surface area contributed by atoms with Gasteiger partial charge in [0.2, 0.25) is 0 Å². The topological polar surface area (TPSA) is 73.5 Å². The van der Waals surface area contributed by atoms with Crippen molar-refractivity contribution in [3.63, 3.8) is 0 Å². The number of hydrogen-bond acceptors (Lipinski definition) is 4. The fourth-order valence-corrected chi connectivity index (χ4v) is 4.59. The van der Waals surface area contributed by atoms with Crippen molar-refractivity contribution in [2.45, 2.75) is 12.1 Å². The molecule has 6 nitrogen and oxygen atoms in total. The first-order valence-electron chi connectivity index (χ1n) is 9.99. The van der Waals surface area contributed by atoms with Crippen LogP contribution >= 0.6 is 23.8 Å². The number of nitrogens with one attached hydrogen (secondary N) is 1. The average Bonchev–Trinajstić information content (AvgIpc) is 3.41. The Bertz CT molecular complexity index is 1280. The smallest absolute Gasteiger partial charge is 0.174 e. The first-order valence-corrected chi connectivity index (χ1v) is 10.8. The molecule has 3 heterocycles. The molecule has 8 heteroatoms. The van der Waals surface area contributed by atoms with Crippen LogP contribution in [0.4, 0.5) is 5.69 Å². The molecular formula is C24H19ClN4O2S. The lowest BCUT2D eigenvalue weighted by atomic mass is 10.0. The zero-order valence-corrected chi connectivity index (χ0v) is 18.3. The summed E-state index contributed by atoms with van der Waals surface area (Å²) >= 11 is 12.0. The van der Waals surface area contributed by atoms with Gasteiger partial charge in [-0.3, -0.25) is 4.98 Å². The highest BCUT2D eigenvalue weighted by molar-refractivity contribution is 7.80. The van der Waals surface area contributed by atoms with Gasteiger partial charge in [0.05, 0.1) is 17.4 Å². The maximum absolute atomic E-state index is 10.7. The van der Waals surface area contributed by atoms with Crippen molar-refractivity contribution in [3.8, 4) is 17.2 Å². The highest BCUT2D eigenvalue weighted by Gasteiger charge is 2.43. The van der Waals surface area contributed by atoms with E-state index in [1.165, 1.54) is 0 Å². The van der Waals surface area contributed by atoms with Crippen molar-refractivity contribution in [2.24, 2.45) is 0 Å². The Hall–Kier alpha value is -3.55. The van der Waals surface area contributed by atoms with E-state index in [1.54, 1.807) is 36.5 Å². The Balaban J connectivity index is 1.69. The minimum Gasteiger partial charge on any atom is -0.508 e. The standard InChI is InChI=1S/C24H19ClN4O2S/c25-15-6-11-21(31)20(14-15)29-23(22(27-24(29)32)18-4-1-2-12-26-18)19-5-3-13-28(19)16-7-9-17(30)10-8-16/h1-14,22-23,30-31H,(H,27,32). The van der Waals surface area contributed by atoms with Crippen molar-refractivity contribution in [1.82, 2.24) is 14.9 Å². The second kappa shape index (κ2) is 8.18. The van der Waals surface area contributed by atoms with Crippen LogP contribution in [-0.4, -0.2) is 24.9 Å². The second-order valence-electron chi connectivity index (χ2n) is 7.45. The quantitative estimate of drug-likeness (QED) is 0.366. The summed E-state index contributed by atoms with van der Waals surface area (Å²) in [6.07, 6.45) is 3.70. The van der Waals surface area contributed by atoms with Gasteiger partial charge in [-0.25, -0.2) is 0 Å². The third-order valence-corrected chi connectivity index (χ3v) is 6.06. The summed E-state index contributed by atoms with van der Waals surface area (Å²) in [5, 5.41) is 24.7. The fraction of sp³-hybridized carbons (Fsp3) is 0.0833. The Kier molecular flexibility index (Phi) is 5.20. The van der Waals surface area contributed by atoms with Gasteiger partial charge in [0, 0.05) is 28.8 Å². The number of rotatable bonds is 4. The molecule has 2 aromatic carbocycles. The molecule has 1 saturated heterocycles. The molecule has 0 radical (unpaired) electrons. The Morgan fingerprint density at radius 2 is 1.78 bits per heavy atom. The van der Waals surface area contributed by atoms with E-state index in [2.05, 4.69) is 10.3 Å². The van der Waals surface area contributed by atoms with E-state index in [4.69, 9.17) is 23.8 Å². The summed E-state index contributed by atoms with van der Waals surface area (Å²) in [4.78, 5) is 6.43. The molecule has 3 N–H and O–H groups in total. The van der Waals surface area contributed by atoms with Gasteiger partial charge in [-0.2, -0.15) is 0 Å². The van der Waals surface area contributed by atoms with Crippen LogP contribution in [0.2, 0.25) is 5.02 Å². The molecule has 0 spiro atoms. The highest BCUT2D eigenvalue weighted by atomic mass is 35.5. The van der Waals surface area contributed by atoms with Crippen molar-refractivity contribution < 1.29 is 10.2 Å².